The molecule has 1 rings (SSSR count). The second kappa shape index (κ2) is 5.88. The molecule has 1 aromatic rings. The summed E-state index contributed by atoms with van der Waals surface area (Å²) in [5.74, 6) is -0.119. The van der Waals surface area contributed by atoms with Gasteiger partial charge < -0.3 is 5.32 Å². The highest BCUT2D eigenvalue weighted by Gasteiger charge is 2.10. The fourth-order valence-corrected chi connectivity index (χ4v) is 2.05. The van der Waals surface area contributed by atoms with Crippen LogP contribution in [0.4, 0.5) is 0 Å². The van der Waals surface area contributed by atoms with E-state index >= 15 is 0 Å². The Labute approximate surface area is 99.4 Å². The largest absolute Gasteiger partial charge is 0.348 e. The lowest BCUT2D eigenvalue weighted by Crippen LogP contribution is -2.35. The van der Waals surface area contributed by atoms with Crippen molar-refractivity contribution in [1.29, 1.82) is 0 Å². The van der Waals surface area contributed by atoms with Gasteiger partial charge in [0.05, 0.1) is 10.2 Å². The Morgan fingerprint density at radius 2 is 2.07 bits per heavy atom. The van der Waals surface area contributed by atoms with E-state index < -0.39 is 0 Å². The highest BCUT2D eigenvalue weighted by atomic mass is 32.2. The van der Waals surface area contributed by atoms with Gasteiger partial charge in [-0.15, -0.1) is 0 Å². The van der Waals surface area contributed by atoms with Crippen LogP contribution in [-0.2, 0) is 4.79 Å². The van der Waals surface area contributed by atoms with Crippen molar-refractivity contribution in [3.63, 3.8) is 0 Å². The first kappa shape index (κ1) is 12.2. The maximum Gasteiger partial charge on any atom is 0.217 e. The van der Waals surface area contributed by atoms with Gasteiger partial charge in [0, 0.05) is 11.8 Å². The van der Waals surface area contributed by atoms with E-state index in [2.05, 4.69) is 12.2 Å². The molecule has 0 saturated carbocycles. The van der Waals surface area contributed by atoms with Crippen molar-refractivity contribution < 1.29 is 4.79 Å². The summed E-state index contributed by atoms with van der Waals surface area (Å²) in [6.07, 6.45) is 0. The number of thiocarbonyl (C=S) groups is 1. The lowest BCUT2D eigenvalue weighted by atomic mass is 10.4. The molecule has 1 N–H and O–H groups in total. The zero-order chi connectivity index (χ0) is 11.3. The number of benzene rings is 1. The maximum absolute atomic E-state index is 10.8. The van der Waals surface area contributed by atoms with Gasteiger partial charge in [0.2, 0.25) is 5.91 Å². The van der Waals surface area contributed by atoms with Gasteiger partial charge in [0.25, 0.3) is 0 Å². The summed E-state index contributed by atoms with van der Waals surface area (Å²) in [6.45, 7) is 5.23. The molecule has 2 nitrogen and oxygen atoms in total. The minimum Gasteiger partial charge on any atom is -0.348 e. The van der Waals surface area contributed by atoms with Crippen LogP contribution in [0.1, 0.15) is 6.92 Å². The summed E-state index contributed by atoms with van der Waals surface area (Å²) in [7, 11) is 0. The Morgan fingerprint density at radius 3 is 2.60 bits per heavy atom. The molecule has 1 amide bonds. The number of nitrogens with one attached hydrogen (secondary N) is 1. The van der Waals surface area contributed by atoms with Crippen molar-refractivity contribution in [1.82, 2.24) is 5.32 Å². The summed E-state index contributed by atoms with van der Waals surface area (Å²) in [5.41, 5.74) is 0. The number of carbonyl (C=O) groups is 1. The quantitative estimate of drug-likeness (QED) is 0.648. The number of rotatable bonds is 3. The third-order valence-electron chi connectivity index (χ3n) is 1.62. The average Bonchev–Trinajstić information content (AvgIpc) is 2.18. The van der Waals surface area contributed by atoms with Gasteiger partial charge in [-0.25, -0.2) is 0 Å². The third kappa shape index (κ3) is 4.44. The van der Waals surface area contributed by atoms with E-state index in [-0.39, 0.29) is 11.9 Å². The molecular weight excluding hydrogens is 226 g/mol. The first-order valence-electron chi connectivity index (χ1n) is 4.46. The van der Waals surface area contributed by atoms with Crippen molar-refractivity contribution >= 4 is 34.1 Å². The second-order valence-corrected chi connectivity index (χ2v) is 4.80. The normalized spacial score (nSPS) is 11.9. The molecule has 0 aliphatic heterocycles. The lowest BCUT2D eigenvalue weighted by molar-refractivity contribution is -0.119. The van der Waals surface area contributed by atoms with Crippen molar-refractivity contribution in [3.8, 4) is 0 Å². The number of thioether (sulfide) groups is 1. The molecule has 0 fully saturated rings. The van der Waals surface area contributed by atoms with Crippen LogP contribution in [0.5, 0.6) is 0 Å². The molecule has 1 radical (unpaired) electrons. The highest BCUT2D eigenvalue weighted by molar-refractivity contribution is 8.23. The van der Waals surface area contributed by atoms with Gasteiger partial charge >= 0.3 is 0 Å². The smallest absolute Gasteiger partial charge is 0.217 e. The monoisotopic (exact) mass is 238 g/mol. The summed E-state index contributed by atoms with van der Waals surface area (Å²) in [4.78, 5) is 11.8. The van der Waals surface area contributed by atoms with E-state index in [9.17, 15) is 4.79 Å². The van der Waals surface area contributed by atoms with Gasteiger partial charge in [-0.2, -0.15) is 0 Å². The number of amides is 1. The molecule has 4 heteroatoms. The average molecular weight is 238 g/mol. The molecule has 0 heterocycles. The zero-order valence-corrected chi connectivity index (χ0v) is 10.0. The van der Waals surface area contributed by atoms with E-state index in [4.69, 9.17) is 12.2 Å². The predicted octanol–water partition coefficient (Wildman–Crippen LogP) is 2.44. The van der Waals surface area contributed by atoms with Crippen LogP contribution in [0.25, 0.3) is 0 Å². The molecule has 0 bridgehead atoms. The van der Waals surface area contributed by atoms with Crippen molar-refractivity contribution in [3.05, 3.63) is 37.3 Å². The van der Waals surface area contributed by atoms with E-state index in [0.29, 0.717) is 4.20 Å². The number of hydrogen-bond donors (Lipinski definition) is 1. The summed E-state index contributed by atoms with van der Waals surface area (Å²) >= 11 is 6.61. The van der Waals surface area contributed by atoms with Crippen LogP contribution < -0.4 is 5.32 Å². The van der Waals surface area contributed by atoms with Crippen LogP contribution in [-0.4, -0.2) is 16.1 Å². The van der Waals surface area contributed by atoms with Crippen LogP contribution in [0.3, 0.4) is 0 Å². The van der Waals surface area contributed by atoms with Gasteiger partial charge in [0.15, 0.2) is 0 Å². The molecule has 1 unspecified atom stereocenters. The van der Waals surface area contributed by atoms with Crippen LogP contribution >= 0.6 is 24.0 Å². The SMILES string of the molecule is [CH2]C(NC(C)=O)C(=S)Sc1ccccc1. The Hall–Kier alpha value is -0.870. The van der Waals surface area contributed by atoms with Gasteiger partial charge in [-0.3, -0.25) is 4.79 Å². The Balaban J connectivity index is 2.52. The molecule has 79 valence electrons. The first-order valence-corrected chi connectivity index (χ1v) is 5.69. The van der Waals surface area contributed by atoms with Gasteiger partial charge in [0.1, 0.15) is 0 Å². The predicted molar refractivity (Wildman–Crippen MR) is 67.9 cm³/mol. The Kier molecular flexibility index (Phi) is 4.78. The highest BCUT2D eigenvalue weighted by Crippen LogP contribution is 2.20. The van der Waals surface area contributed by atoms with Gasteiger partial charge in [-0.05, 0) is 19.1 Å². The minimum absolute atomic E-state index is 0.119. The second-order valence-electron chi connectivity index (χ2n) is 2.99. The fraction of sp³-hybridized carbons (Fsp3) is 0.182. The van der Waals surface area contributed by atoms with E-state index in [1.807, 2.05) is 30.3 Å². The zero-order valence-electron chi connectivity index (χ0n) is 8.40. The summed E-state index contributed by atoms with van der Waals surface area (Å²) < 4.78 is 0.663. The Bertz CT molecular complexity index is 351. The van der Waals surface area contributed by atoms with Gasteiger partial charge in [-0.1, -0.05) is 42.2 Å². The van der Waals surface area contributed by atoms with Crippen molar-refractivity contribution in [2.75, 3.05) is 0 Å². The standard InChI is InChI=1S/C11H12NOS2/c1-8(12-9(2)13)11(14)15-10-6-4-3-5-7-10/h3-8H,1H2,2H3,(H,12,13). The molecule has 0 saturated heterocycles. The maximum atomic E-state index is 10.8. The summed E-state index contributed by atoms with van der Waals surface area (Å²) in [6, 6.07) is 9.45. The molecule has 1 aromatic carbocycles. The minimum atomic E-state index is -0.331. The van der Waals surface area contributed by atoms with Crippen molar-refractivity contribution in [2.45, 2.75) is 17.9 Å². The first-order chi connectivity index (χ1) is 7.09. The lowest BCUT2D eigenvalue weighted by Gasteiger charge is -2.12. The molecular formula is C11H12NOS2. The van der Waals surface area contributed by atoms with E-state index in [0.717, 1.165) is 4.90 Å². The van der Waals surface area contributed by atoms with Crippen molar-refractivity contribution in [2.24, 2.45) is 0 Å². The number of carbonyl (C=O) groups excluding carboxylic acids is 1. The molecule has 0 aliphatic rings. The molecule has 0 spiro atoms. The van der Waals surface area contributed by atoms with Crippen LogP contribution in [0.15, 0.2) is 35.2 Å². The third-order valence-corrected chi connectivity index (χ3v) is 3.15. The molecule has 1 atom stereocenters. The van der Waals surface area contributed by atoms with Crippen LogP contribution in [0.2, 0.25) is 0 Å². The number of hydrogen-bond acceptors (Lipinski definition) is 3. The summed E-state index contributed by atoms with van der Waals surface area (Å²) in [5, 5.41) is 2.65. The topological polar surface area (TPSA) is 29.1 Å². The molecule has 0 aliphatic carbocycles. The molecule has 0 aromatic heterocycles. The van der Waals surface area contributed by atoms with E-state index in [1.165, 1.54) is 18.7 Å². The molecule has 15 heavy (non-hydrogen) atoms. The van der Waals surface area contributed by atoms with Crippen LogP contribution in [0, 0.1) is 6.92 Å². The fourth-order valence-electron chi connectivity index (χ4n) is 0.980. The van der Waals surface area contributed by atoms with E-state index in [1.54, 1.807) is 0 Å². The Morgan fingerprint density at radius 1 is 1.47 bits per heavy atom.